The zero-order valence-corrected chi connectivity index (χ0v) is 12.7. The van der Waals surface area contributed by atoms with E-state index in [9.17, 15) is 4.79 Å². The van der Waals surface area contributed by atoms with Crippen molar-refractivity contribution in [2.24, 2.45) is 5.73 Å². The fourth-order valence-electron chi connectivity index (χ4n) is 2.46. The Hall–Kier alpha value is -1.06. The molecule has 106 valence electrons. The number of carbonyl (C=O) groups is 1. The molecule has 0 unspecified atom stereocenters. The van der Waals surface area contributed by atoms with Gasteiger partial charge >= 0.3 is 0 Å². The highest BCUT2D eigenvalue weighted by Crippen LogP contribution is 2.27. The molecular formula is C15H23ClN2O. The van der Waals surface area contributed by atoms with E-state index in [1.54, 1.807) is 0 Å². The maximum absolute atomic E-state index is 12.6. The maximum Gasteiger partial charge on any atom is 0.232 e. The van der Waals surface area contributed by atoms with Crippen LogP contribution in [0.1, 0.15) is 31.4 Å². The van der Waals surface area contributed by atoms with E-state index in [4.69, 9.17) is 5.73 Å². The Morgan fingerprint density at radius 2 is 1.89 bits per heavy atom. The van der Waals surface area contributed by atoms with E-state index in [-0.39, 0.29) is 24.4 Å². The fraction of sp³-hybridized carbons (Fsp3) is 0.533. The quantitative estimate of drug-likeness (QED) is 0.904. The van der Waals surface area contributed by atoms with Crippen LogP contribution < -0.4 is 5.73 Å². The van der Waals surface area contributed by atoms with Crippen LogP contribution in [0.15, 0.2) is 24.3 Å². The number of benzene rings is 1. The summed E-state index contributed by atoms with van der Waals surface area (Å²) in [7, 11) is 0. The van der Waals surface area contributed by atoms with Gasteiger partial charge < -0.3 is 10.6 Å². The Morgan fingerprint density at radius 3 is 2.37 bits per heavy atom. The van der Waals surface area contributed by atoms with Crippen LogP contribution in [0.5, 0.6) is 0 Å². The number of rotatable bonds is 2. The number of halogens is 1. The topological polar surface area (TPSA) is 46.3 Å². The Labute approximate surface area is 121 Å². The molecule has 1 fully saturated rings. The van der Waals surface area contributed by atoms with Crippen molar-refractivity contribution < 1.29 is 4.79 Å². The third-order valence-electron chi connectivity index (χ3n) is 3.82. The second-order valence-electron chi connectivity index (χ2n) is 5.79. The van der Waals surface area contributed by atoms with E-state index in [1.165, 1.54) is 5.56 Å². The summed E-state index contributed by atoms with van der Waals surface area (Å²) in [4.78, 5) is 14.5. The summed E-state index contributed by atoms with van der Waals surface area (Å²) in [6.07, 6.45) is 0.912. The summed E-state index contributed by atoms with van der Waals surface area (Å²) in [5.74, 6) is 0.180. The van der Waals surface area contributed by atoms with Crippen LogP contribution >= 0.6 is 12.4 Å². The average Bonchev–Trinajstić information content (AvgIpc) is 2.75. The normalized spacial score (nSPS) is 19.2. The van der Waals surface area contributed by atoms with Gasteiger partial charge in [-0.1, -0.05) is 29.8 Å². The third-order valence-corrected chi connectivity index (χ3v) is 3.82. The largest absolute Gasteiger partial charge is 0.340 e. The number of hydrogen-bond acceptors (Lipinski definition) is 2. The van der Waals surface area contributed by atoms with Gasteiger partial charge in [0.1, 0.15) is 0 Å². The van der Waals surface area contributed by atoms with E-state index in [1.807, 2.05) is 30.9 Å². The van der Waals surface area contributed by atoms with Gasteiger partial charge in [0.2, 0.25) is 5.91 Å². The summed E-state index contributed by atoms with van der Waals surface area (Å²) in [5.41, 5.74) is 7.68. The van der Waals surface area contributed by atoms with Crippen LogP contribution in [0.2, 0.25) is 0 Å². The van der Waals surface area contributed by atoms with Crippen LogP contribution in [0.25, 0.3) is 0 Å². The van der Waals surface area contributed by atoms with Gasteiger partial charge in [0.05, 0.1) is 5.41 Å². The summed E-state index contributed by atoms with van der Waals surface area (Å²) < 4.78 is 0. The van der Waals surface area contributed by atoms with Gasteiger partial charge in [-0.2, -0.15) is 0 Å². The molecule has 2 rings (SSSR count). The van der Waals surface area contributed by atoms with Crippen molar-refractivity contribution in [3.63, 3.8) is 0 Å². The molecule has 1 aliphatic rings. The molecule has 1 aliphatic heterocycles. The van der Waals surface area contributed by atoms with Crippen molar-refractivity contribution in [1.29, 1.82) is 0 Å². The molecule has 1 heterocycles. The lowest BCUT2D eigenvalue weighted by Gasteiger charge is -2.29. The molecule has 1 saturated heterocycles. The Kier molecular flexibility index (Phi) is 4.99. The van der Waals surface area contributed by atoms with E-state index >= 15 is 0 Å². The molecule has 1 amide bonds. The lowest BCUT2D eigenvalue weighted by molar-refractivity contribution is -0.135. The molecular weight excluding hydrogens is 260 g/mol. The SMILES string of the molecule is Cc1ccc(C(C)(C)C(=O)N2CC[C@@H](N)C2)cc1.Cl. The molecule has 3 nitrogen and oxygen atoms in total. The molecule has 1 atom stereocenters. The van der Waals surface area contributed by atoms with E-state index < -0.39 is 5.41 Å². The number of carbonyl (C=O) groups excluding carboxylic acids is 1. The first-order valence-corrected chi connectivity index (χ1v) is 6.53. The zero-order valence-electron chi connectivity index (χ0n) is 11.8. The Balaban J connectivity index is 0.00000180. The monoisotopic (exact) mass is 282 g/mol. The first-order valence-electron chi connectivity index (χ1n) is 6.53. The molecule has 0 aromatic heterocycles. The Bertz CT molecular complexity index is 442. The van der Waals surface area contributed by atoms with Crippen LogP contribution in [0.4, 0.5) is 0 Å². The predicted molar refractivity (Wildman–Crippen MR) is 80.6 cm³/mol. The number of nitrogens with zero attached hydrogens (tertiary/aromatic N) is 1. The van der Waals surface area contributed by atoms with E-state index in [0.29, 0.717) is 6.54 Å². The first kappa shape index (κ1) is 16.0. The van der Waals surface area contributed by atoms with Crippen LogP contribution in [-0.2, 0) is 10.2 Å². The van der Waals surface area contributed by atoms with Gasteiger partial charge in [-0.3, -0.25) is 4.79 Å². The van der Waals surface area contributed by atoms with Crippen molar-refractivity contribution in [3.05, 3.63) is 35.4 Å². The molecule has 2 N–H and O–H groups in total. The smallest absolute Gasteiger partial charge is 0.232 e. The third kappa shape index (κ3) is 3.28. The van der Waals surface area contributed by atoms with Crippen LogP contribution in [0.3, 0.4) is 0 Å². The minimum atomic E-state index is -0.474. The number of likely N-dealkylation sites (tertiary alicyclic amines) is 1. The Morgan fingerprint density at radius 1 is 1.32 bits per heavy atom. The molecule has 0 spiro atoms. The lowest BCUT2D eigenvalue weighted by atomic mass is 9.83. The van der Waals surface area contributed by atoms with Crippen LogP contribution in [-0.4, -0.2) is 29.9 Å². The summed E-state index contributed by atoms with van der Waals surface area (Å²) in [6, 6.07) is 8.34. The van der Waals surface area contributed by atoms with Crippen LogP contribution in [0, 0.1) is 6.92 Å². The lowest BCUT2D eigenvalue weighted by Crippen LogP contribution is -2.43. The maximum atomic E-state index is 12.6. The second kappa shape index (κ2) is 5.93. The van der Waals surface area contributed by atoms with Crippen molar-refractivity contribution in [2.45, 2.75) is 38.6 Å². The highest BCUT2D eigenvalue weighted by atomic mass is 35.5. The number of amides is 1. The average molecular weight is 283 g/mol. The molecule has 0 radical (unpaired) electrons. The number of hydrogen-bond donors (Lipinski definition) is 1. The minimum absolute atomic E-state index is 0. The van der Waals surface area contributed by atoms with Gasteiger partial charge in [0.15, 0.2) is 0 Å². The van der Waals surface area contributed by atoms with Gasteiger partial charge in [-0.05, 0) is 32.8 Å². The van der Waals surface area contributed by atoms with Gasteiger partial charge in [-0.25, -0.2) is 0 Å². The molecule has 1 aromatic rings. The molecule has 1 aromatic carbocycles. The first-order chi connectivity index (χ1) is 8.41. The van der Waals surface area contributed by atoms with Crippen molar-refractivity contribution in [2.75, 3.05) is 13.1 Å². The van der Waals surface area contributed by atoms with Crippen molar-refractivity contribution in [3.8, 4) is 0 Å². The van der Waals surface area contributed by atoms with Gasteiger partial charge in [-0.15, -0.1) is 12.4 Å². The highest BCUT2D eigenvalue weighted by Gasteiger charge is 2.36. The highest BCUT2D eigenvalue weighted by molar-refractivity contribution is 5.87. The zero-order chi connectivity index (χ0) is 13.3. The molecule has 0 aliphatic carbocycles. The van der Waals surface area contributed by atoms with E-state index in [2.05, 4.69) is 19.1 Å². The number of nitrogens with two attached hydrogens (primary N) is 1. The van der Waals surface area contributed by atoms with Crippen molar-refractivity contribution >= 4 is 18.3 Å². The minimum Gasteiger partial charge on any atom is -0.340 e. The standard InChI is InChI=1S/C15H22N2O.ClH/c1-11-4-6-12(7-5-11)15(2,3)14(18)17-9-8-13(16)10-17;/h4-7,13H,8-10,16H2,1-3H3;1H/t13-;/m1./s1. The molecule has 19 heavy (non-hydrogen) atoms. The van der Waals surface area contributed by atoms with Gasteiger partial charge in [0.25, 0.3) is 0 Å². The van der Waals surface area contributed by atoms with E-state index in [0.717, 1.165) is 18.5 Å². The predicted octanol–water partition coefficient (Wildman–Crippen LogP) is 2.25. The van der Waals surface area contributed by atoms with Crippen molar-refractivity contribution in [1.82, 2.24) is 4.90 Å². The molecule has 0 saturated carbocycles. The summed E-state index contributed by atoms with van der Waals surface area (Å²) in [5, 5.41) is 0. The summed E-state index contributed by atoms with van der Waals surface area (Å²) >= 11 is 0. The molecule has 4 heteroatoms. The number of aryl methyl sites for hydroxylation is 1. The summed E-state index contributed by atoms with van der Waals surface area (Å²) in [6.45, 7) is 7.51. The second-order valence-corrected chi connectivity index (χ2v) is 5.79. The molecule has 0 bridgehead atoms. The fourth-order valence-corrected chi connectivity index (χ4v) is 2.46. The van der Waals surface area contributed by atoms with Gasteiger partial charge in [0, 0.05) is 19.1 Å².